The van der Waals surface area contributed by atoms with Crippen LogP contribution < -0.4 is 0 Å². The fourth-order valence-corrected chi connectivity index (χ4v) is 3.14. The number of carbonyl (C=O) groups excluding carboxylic acids is 1. The summed E-state index contributed by atoms with van der Waals surface area (Å²) in [7, 11) is 1.65. The molecule has 1 amide bonds. The van der Waals surface area contributed by atoms with Gasteiger partial charge in [-0.3, -0.25) is 4.79 Å². The summed E-state index contributed by atoms with van der Waals surface area (Å²) in [6.45, 7) is 3.61. The zero-order valence-corrected chi connectivity index (χ0v) is 14.0. The molecule has 0 aliphatic carbocycles. The lowest BCUT2D eigenvalue weighted by Crippen LogP contribution is -2.33. The van der Waals surface area contributed by atoms with Crippen LogP contribution in [-0.2, 0) is 11.3 Å². The number of pyridine rings is 1. The minimum absolute atomic E-state index is 0.00139. The maximum absolute atomic E-state index is 12.9. The first kappa shape index (κ1) is 15.7. The van der Waals surface area contributed by atoms with Gasteiger partial charge in [-0.2, -0.15) is 11.3 Å². The highest BCUT2D eigenvalue weighted by Crippen LogP contribution is 2.14. The van der Waals surface area contributed by atoms with E-state index in [9.17, 15) is 4.79 Å². The van der Waals surface area contributed by atoms with Crippen molar-refractivity contribution in [3.05, 3.63) is 58.2 Å². The van der Waals surface area contributed by atoms with Gasteiger partial charge in [0.15, 0.2) is 0 Å². The van der Waals surface area contributed by atoms with Crippen LogP contribution in [0.4, 0.5) is 0 Å². The van der Waals surface area contributed by atoms with Crippen LogP contribution >= 0.6 is 11.3 Å². The Balaban J connectivity index is 1.85. The zero-order valence-electron chi connectivity index (χ0n) is 13.2. The van der Waals surface area contributed by atoms with E-state index >= 15 is 0 Å². The fourth-order valence-electron chi connectivity index (χ4n) is 2.48. The first-order valence-corrected chi connectivity index (χ1v) is 8.36. The number of hydrogen-bond donors (Lipinski definition) is 0. The Bertz CT molecular complexity index is 795. The van der Waals surface area contributed by atoms with E-state index in [2.05, 4.69) is 10.4 Å². The molecule has 23 heavy (non-hydrogen) atoms. The van der Waals surface area contributed by atoms with Gasteiger partial charge in [-0.25, -0.2) is 4.98 Å². The first-order chi connectivity index (χ1) is 11.2. The second-order valence-corrected chi connectivity index (χ2v) is 6.20. The van der Waals surface area contributed by atoms with Gasteiger partial charge in [0.1, 0.15) is 5.65 Å². The van der Waals surface area contributed by atoms with Crippen LogP contribution in [0.2, 0.25) is 0 Å². The van der Waals surface area contributed by atoms with Crippen molar-refractivity contribution >= 4 is 22.9 Å². The third kappa shape index (κ3) is 3.60. The van der Waals surface area contributed by atoms with Crippen molar-refractivity contribution in [2.45, 2.75) is 13.5 Å². The molecule has 0 aromatic carbocycles. The molecule has 0 unspecified atom stereocenters. The summed E-state index contributed by atoms with van der Waals surface area (Å²) in [5.74, 6) is 0.00139. The molecule has 0 fully saturated rings. The van der Waals surface area contributed by atoms with E-state index in [0.29, 0.717) is 25.3 Å². The molecule has 120 valence electrons. The fraction of sp³-hybridized carbons (Fsp3) is 0.294. The SMILES string of the molecule is COCCN(Cc1ccsc1)C(=O)c1ccc2nc(C)cn2c1. The summed E-state index contributed by atoms with van der Waals surface area (Å²) >= 11 is 1.64. The average Bonchev–Trinajstić information content (AvgIpc) is 3.18. The second kappa shape index (κ2) is 6.93. The smallest absolute Gasteiger partial charge is 0.255 e. The maximum Gasteiger partial charge on any atom is 0.255 e. The predicted molar refractivity (Wildman–Crippen MR) is 90.9 cm³/mol. The molecule has 3 heterocycles. The van der Waals surface area contributed by atoms with Gasteiger partial charge in [0.25, 0.3) is 5.91 Å². The average molecular weight is 329 g/mol. The summed E-state index contributed by atoms with van der Waals surface area (Å²) in [6, 6.07) is 5.75. The summed E-state index contributed by atoms with van der Waals surface area (Å²) in [6.07, 6.45) is 3.76. The van der Waals surface area contributed by atoms with Crippen molar-refractivity contribution in [1.82, 2.24) is 14.3 Å². The number of methoxy groups -OCH3 is 1. The summed E-state index contributed by atoms with van der Waals surface area (Å²) in [4.78, 5) is 19.1. The maximum atomic E-state index is 12.9. The van der Waals surface area contributed by atoms with Crippen LogP contribution in [-0.4, -0.2) is 40.5 Å². The van der Waals surface area contributed by atoms with Gasteiger partial charge >= 0.3 is 0 Å². The normalized spacial score (nSPS) is 11.0. The number of aromatic nitrogens is 2. The van der Waals surface area contributed by atoms with Gasteiger partial charge in [0.05, 0.1) is 17.9 Å². The van der Waals surface area contributed by atoms with Gasteiger partial charge in [0, 0.05) is 32.6 Å². The number of imidazole rings is 1. The molecule has 0 saturated heterocycles. The van der Waals surface area contributed by atoms with Gasteiger partial charge in [0.2, 0.25) is 0 Å². The highest BCUT2D eigenvalue weighted by atomic mass is 32.1. The topological polar surface area (TPSA) is 46.8 Å². The Morgan fingerprint density at radius 1 is 1.35 bits per heavy atom. The molecular formula is C17H19N3O2S. The number of aryl methyl sites for hydroxylation is 1. The highest BCUT2D eigenvalue weighted by Gasteiger charge is 2.17. The molecule has 0 aliphatic heterocycles. The molecule has 0 saturated carbocycles. The van der Waals surface area contributed by atoms with Crippen LogP contribution in [0.25, 0.3) is 5.65 Å². The third-order valence-corrected chi connectivity index (χ3v) is 4.36. The van der Waals surface area contributed by atoms with Crippen LogP contribution in [0, 0.1) is 6.92 Å². The second-order valence-electron chi connectivity index (χ2n) is 5.42. The summed E-state index contributed by atoms with van der Waals surface area (Å²) in [5, 5.41) is 4.09. The molecule has 0 spiro atoms. The van der Waals surface area contributed by atoms with Crippen LogP contribution in [0.1, 0.15) is 21.6 Å². The number of carbonyl (C=O) groups is 1. The lowest BCUT2D eigenvalue weighted by molar-refractivity contribution is 0.0680. The van der Waals surface area contributed by atoms with E-state index in [1.165, 1.54) is 0 Å². The van der Waals surface area contributed by atoms with Crippen molar-refractivity contribution < 1.29 is 9.53 Å². The van der Waals surface area contributed by atoms with Gasteiger partial charge < -0.3 is 14.0 Å². The Morgan fingerprint density at radius 3 is 2.96 bits per heavy atom. The number of nitrogens with zero attached hydrogens (tertiary/aromatic N) is 3. The van der Waals surface area contributed by atoms with Gasteiger partial charge in [-0.15, -0.1) is 0 Å². The summed E-state index contributed by atoms with van der Waals surface area (Å²) < 4.78 is 7.04. The standard InChI is InChI=1S/C17H19N3O2S/c1-13-9-20-11-15(3-4-16(20)18-13)17(21)19(6-7-22-2)10-14-5-8-23-12-14/h3-5,8-9,11-12H,6-7,10H2,1-2H3. The molecule has 0 bridgehead atoms. The molecule has 0 aliphatic rings. The van der Waals surface area contributed by atoms with Crippen molar-refractivity contribution in [1.29, 1.82) is 0 Å². The first-order valence-electron chi connectivity index (χ1n) is 7.42. The van der Waals surface area contributed by atoms with Crippen molar-refractivity contribution in [3.63, 3.8) is 0 Å². The number of thiophene rings is 1. The molecule has 5 nitrogen and oxygen atoms in total. The van der Waals surface area contributed by atoms with E-state index in [1.54, 1.807) is 18.4 Å². The molecule has 3 rings (SSSR count). The van der Waals surface area contributed by atoms with Crippen molar-refractivity contribution in [3.8, 4) is 0 Å². The lowest BCUT2D eigenvalue weighted by atomic mass is 10.2. The van der Waals surface area contributed by atoms with E-state index in [-0.39, 0.29) is 5.91 Å². The van der Waals surface area contributed by atoms with Crippen molar-refractivity contribution in [2.75, 3.05) is 20.3 Å². The minimum Gasteiger partial charge on any atom is -0.383 e. The number of rotatable bonds is 6. The minimum atomic E-state index is 0.00139. The molecule has 0 atom stereocenters. The largest absolute Gasteiger partial charge is 0.383 e. The van der Waals surface area contributed by atoms with Gasteiger partial charge in [-0.1, -0.05) is 0 Å². The van der Waals surface area contributed by atoms with E-state index in [4.69, 9.17) is 4.74 Å². The molecule has 0 N–H and O–H groups in total. The monoisotopic (exact) mass is 329 g/mol. The Hall–Kier alpha value is -2.18. The van der Waals surface area contributed by atoms with E-state index < -0.39 is 0 Å². The molecular weight excluding hydrogens is 310 g/mol. The van der Waals surface area contributed by atoms with Crippen LogP contribution in [0.3, 0.4) is 0 Å². The zero-order chi connectivity index (χ0) is 16.2. The Labute approximate surface area is 139 Å². The predicted octanol–water partition coefficient (Wildman–Crippen LogP) is 2.99. The number of amides is 1. The lowest BCUT2D eigenvalue weighted by Gasteiger charge is -2.22. The number of fused-ring (bicyclic) bond motifs is 1. The highest BCUT2D eigenvalue weighted by molar-refractivity contribution is 7.07. The quantitative estimate of drug-likeness (QED) is 0.698. The Kier molecular flexibility index (Phi) is 4.73. The van der Waals surface area contributed by atoms with E-state index in [0.717, 1.165) is 16.9 Å². The van der Waals surface area contributed by atoms with Crippen LogP contribution in [0.5, 0.6) is 0 Å². The molecule has 3 aromatic heterocycles. The number of hydrogen-bond acceptors (Lipinski definition) is 4. The molecule has 3 aromatic rings. The molecule has 0 radical (unpaired) electrons. The van der Waals surface area contributed by atoms with Crippen LogP contribution in [0.15, 0.2) is 41.4 Å². The number of ether oxygens (including phenoxy) is 1. The summed E-state index contributed by atoms with van der Waals surface area (Å²) in [5.41, 5.74) is 3.57. The third-order valence-electron chi connectivity index (χ3n) is 3.62. The van der Waals surface area contributed by atoms with Crippen molar-refractivity contribution in [2.24, 2.45) is 0 Å². The Morgan fingerprint density at radius 2 is 2.22 bits per heavy atom. The van der Waals surface area contributed by atoms with E-state index in [1.807, 2.05) is 52.2 Å². The molecule has 6 heteroatoms. The van der Waals surface area contributed by atoms with Gasteiger partial charge in [-0.05, 0) is 41.4 Å².